The minimum absolute atomic E-state index is 0.0480. The molecule has 4 aliphatic carbocycles. The summed E-state index contributed by atoms with van der Waals surface area (Å²) in [6.07, 6.45) is 19.2. The summed E-state index contributed by atoms with van der Waals surface area (Å²) in [6.45, 7) is 14.8. The molecule has 1 heteroatoms. The summed E-state index contributed by atoms with van der Waals surface area (Å²) in [5.41, 5.74) is 2.79. The van der Waals surface area contributed by atoms with E-state index in [1.807, 2.05) is 5.57 Å². The maximum absolute atomic E-state index is 10.3. The summed E-state index contributed by atoms with van der Waals surface area (Å²) in [5, 5.41) is 10.3. The molecular weight excluding hydrogens is 364 g/mol. The molecule has 170 valence electrons. The quantitative estimate of drug-likeness (QED) is 0.457. The van der Waals surface area contributed by atoms with Crippen molar-refractivity contribution < 1.29 is 5.11 Å². The van der Waals surface area contributed by atoms with Crippen LogP contribution in [0.25, 0.3) is 0 Å². The number of fused-ring (bicyclic) bond motifs is 5. The second kappa shape index (κ2) is 8.42. The van der Waals surface area contributed by atoms with Gasteiger partial charge < -0.3 is 5.11 Å². The molecule has 30 heavy (non-hydrogen) atoms. The zero-order valence-electron chi connectivity index (χ0n) is 20.7. The van der Waals surface area contributed by atoms with Gasteiger partial charge in [-0.15, -0.1) is 0 Å². The topological polar surface area (TPSA) is 20.2 Å². The van der Waals surface area contributed by atoms with E-state index >= 15 is 0 Å². The second-order valence-corrected chi connectivity index (χ2v) is 12.5. The fraction of sp³-hybridized carbons (Fsp3) is 0.862. The Kier molecular flexibility index (Phi) is 6.35. The number of hydrogen-bond acceptors (Lipinski definition) is 1. The summed E-state index contributed by atoms with van der Waals surface area (Å²) in [5.74, 6) is 5.32. The number of rotatable bonds is 5. The zero-order chi connectivity index (χ0) is 21.7. The average molecular weight is 413 g/mol. The van der Waals surface area contributed by atoms with Crippen molar-refractivity contribution in [1.29, 1.82) is 0 Å². The molecule has 1 N–H and O–H groups in total. The van der Waals surface area contributed by atoms with Crippen LogP contribution in [-0.4, -0.2) is 11.2 Å². The third-order valence-corrected chi connectivity index (χ3v) is 10.7. The summed E-state index contributed by atoms with van der Waals surface area (Å²) in [7, 11) is 0. The van der Waals surface area contributed by atoms with E-state index in [1.54, 1.807) is 0 Å². The van der Waals surface area contributed by atoms with Crippen LogP contribution >= 0.6 is 0 Å². The van der Waals surface area contributed by atoms with Gasteiger partial charge in [0, 0.05) is 0 Å². The summed E-state index contributed by atoms with van der Waals surface area (Å²) >= 11 is 0. The first-order valence-corrected chi connectivity index (χ1v) is 13.3. The molecule has 0 unspecified atom stereocenters. The highest BCUT2D eigenvalue weighted by atomic mass is 16.3. The Morgan fingerprint density at radius 2 is 1.70 bits per heavy atom. The lowest BCUT2D eigenvalue weighted by Crippen LogP contribution is -2.49. The van der Waals surface area contributed by atoms with Crippen molar-refractivity contribution in [3.63, 3.8) is 0 Å². The highest BCUT2D eigenvalue weighted by molar-refractivity contribution is 5.28. The van der Waals surface area contributed by atoms with Crippen LogP contribution in [0.4, 0.5) is 0 Å². The van der Waals surface area contributed by atoms with Gasteiger partial charge in [-0.1, -0.05) is 65.3 Å². The largest absolute Gasteiger partial charge is 0.393 e. The molecule has 0 amide bonds. The molecule has 3 saturated carbocycles. The average Bonchev–Trinajstić information content (AvgIpc) is 3.06. The molecule has 0 heterocycles. The Morgan fingerprint density at radius 3 is 2.40 bits per heavy atom. The molecule has 0 spiro atoms. The fourth-order valence-electron chi connectivity index (χ4n) is 8.68. The van der Waals surface area contributed by atoms with Gasteiger partial charge in [-0.2, -0.15) is 0 Å². The lowest BCUT2D eigenvalue weighted by Gasteiger charge is -2.57. The Labute approximate surface area is 186 Å². The minimum Gasteiger partial charge on any atom is -0.393 e. The minimum atomic E-state index is -0.0480. The van der Waals surface area contributed by atoms with E-state index in [-0.39, 0.29) is 6.10 Å². The maximum atomic E-state index is 10.3. The van der Waals surface area contributed by atoms with Gasteiger partial charge in [0.05, 0.1) is 6.10 Å². The van der Waals surface area contributed by atoms with Crippen molar-refractivity contribution >= 4 is 0 Å². The molecule has 0 aromatic carbocycles. The van der Waals surface area contributed by atoms with Crippen LogP contribution in [0.15, 0.2) is 23.8 Å². The lowest BCUT2D eigenvalue weighted by atomic mass is 9.47. The molecule has 0 radical (unpaired) electrons. The molecular formula is C29H48O. The third kappa shape index (κ3) is 3.66. The van der Waals surface area contributed by atoms with Gasteiger partial charge in [0.15, 0.2) is 0 Å². The first kappa shape index (κ1) is 22.6. The molecule has 4 rings (SSSR count). The van der Waals surface area contributed by atoms with E-state index in [0.717, 1.165) is 42.4 Å². The summed E-state index contributed by atoms with van der Waals surface area (Å²) < 4.78 is 0. The second-order valence-electron chi connectivity index (χ2n) is 12.5. The molecule has 9 atom stereocenters. The normalized spacial score (nSPS) is 45.6. The Morgan fingerprint density at radius 1 is 1.00 bits per heavy atom. The standard InChI is InChI=1S/C29H48O/c1-7-21(19(2)3)9-8-20(4)25-12-13-26-24-11-10-22-18-23(30)14-16-28(22,5)27(24)15-17-29(25,26)6/h8-9,11,19-23,25-27,30H,7,10,12-18H2,1-6H3/b9-8+/t20-,21+,22+,23-,25-,26-,27+,28+,29-/m1/s1. The van der Waals surface area contributed by atoms with E-state index in [4.69, 9.17) is 0 Å². The highest BCUT2D eigenvalue weighted by Gasteiger charge is 2.57. The van der Waals surface area contributed by atoms with E-state index < -0.39 is 0 Å². The van der Waals surface area contributed by atoms with Gasteiger partial charge in [-0.05, 0) is 110 Å². The van der Waals surface area contributed by atoms with Crippen LogP contribution in [0.5, 0.6) is 0 Å². The predicted octanol–water partition coefficient (Wildman–Crippen LogP) is 7.80. The van der Waals surface area contributed by atoms with Crippen molar-refractivity contribution in [2.75, 3.05) is 0 Å². The Bertz CT molecular complexity index is 674. The van der Waals surface area contributed by atoms with Gasteiger partial charge in [-0.3, -0.25) is 0 Å². The monoisotopic (exact) mass is 412 g/mol. The van der Waals surface area contributed by atoms with Crippen LogP contribution in [0.2, 0.25) is 0 Å². The van der Waals surface area contributed by atoms with Crippen LogP contribution < -0.4 is 0 Å². The first-order chi connectivity index (χ1) is 14.2. The molecule has 3 fully saturated rings. The van der Waals surface area contributed by atoms with E-state index in [1.165, 1.54) is 44.9 Å². The van der Waals surface area contributed by atoms with Crippen LogP contribution in [-0.2, 0) is 0 Å². The smallest absolute Gasteiger partial charge is 0.0543 e. The van der Waals surface area contributed by atoms with E-state index in [0.29, 0.717) is 22.7 Å². The van der Waals surface area contributed by atoms with Gasteiger partial charge in [-0.25, -0.2) is 0 Å². The molecule has 0 aromatic rings. The van der Waals surface area contributed by atoms with Gasteiger partial charge >= 0.3 is 0 Å². The van der Waals surface area contributed by atoms with Crippen LogP contribution in [0, 0.1) is 52.3 Å². The molecule has 0 saturated heterocycles. The SMILES string of the molecule is CC[C@@H](/C=C/[C@@H](C)[C@H]1CC[C@@H]2C3=CC[C@H]4C[C@H](O)CC[C@]4(C)[C@H]3CC[C@@]21C)C(C)C. The number of allylic oxidation sites excluding steroid dienone is 4. The van der Waals surface area contributed by atoms with Crippen molar-refractivity contribution in [3.8, 4) is 0 Å². The summed E-state index contributed by atoms with van der Waals surface area (Å²) in [6, 6.07) is 0. The highest BCUT2D eigenvalue weighted by Crippen LogP contribution is 2.66. The molecule has 4 aliphatic rings. The lowest BCUT2D eigenvalue weighted by molar-refractivity contribution is -0.0414. The molecule has 0 bridgehead atoms. The Balaban J connectivity index is 1.53. The number of aliphatic hydroxyl groups excluding tert-OH is 1. The van der Waals surface area contributed by atoms with Crippen molar-refractivity contribution in [1.82, 2.24) is 0 Å². The fourth-order valence-corrected chi connectivity index (χ4v) is 8.68. The molecule has 0 aliphatic heterocycles. The van der Waals surface area contributed by atoms with Crippen LogP contribution in [0.1, 0.15) is 99.3 Å². The molecule has 0 aromatic heterocycles. The van der Waals surface area contributed by atoms with Gasteiger partial charge in [0.25, 0.3) is 0 Å². The van der Waals surface area contributed by atoms with Crippen molar-refractivity contribution in [3.05, 3.63) is 23.8 Å². The third-order valence-electron chi connectivity index (χ3n) is 10.7. The maximum Gasteiger partial charge on any atom is 0.0543 e. The molecule has 1 nitrogen and oxygen atoms in total. The van der Waals surface area contributed by atoms with E-state index in [9.17, 15) is 5.11 Å². The van der Waals surface area contributed by atoms with Gasteiger partial charge in [0.1, 0.15) is 0 Å². The van der Waals surface area contributed by atoms with Crippen molar-refractivity contribution in [2.45, 2.75) is 105 Å². The Hall–Kier alpha value is -0.560. The zero-order valence-corrected chi connectivity index (χ0v) is 20.7. The van der Waals surface area contributed by atoms with Crippen molar-refractivity contribution in [2.24, 2.45) is 52.3 Å². The van der Waals surface area contributed by atoms with Gasteiger partial charge in [0.2, 0.25) is 0 Å². The number of hydrogen-bond donors (Lipinski definition) is 1. The summed E-state index contributed by atoms with van der Waals surface area (Å²) in [4.78, 5) is 0. The number of aliphatic hydroxyl groups is 1. The van der Waals surface area contributed by atoms with Crippen LogP contribution in [0.3, 0.4) is 0 Å². The predicted molar refractivity (Wildman–Crippen MR) is 128 cm³/mol. The van der Waals surface area contributed by atoms with E-state index in [2.05, 4.69) is 59.8 Å². The first-order valence-electron chi connectivity index (χ1n) is 13.3.